The van der Waals surface area contributed by atoms with E-state index in [9.17, 15) is 13.2 Å². The fourth-order valence-electron chi connectivity index (χ4n) is 1.25. The number of rotatable bonds is 2. The van der Waals surface area contributed by atoms with Gasteiger partial charge in [-0.05, 0) is 25.2 Å². The van der Waals surface area contributed by atoms with Crippen LogP contribution in [0.25, 0.3) is 0 Å². The van der Waals surface area contributed by atoms with E-state index in [1.165, 1.54) is 12.1 Å². The summed E-state index contributed by atoms with van der Waals surface area (Å²) in [5.41, 5.74) is 4.72. The van der Waals surface area contributed by atoms with Gasteiger partial charge in [-0.1, -0.05) is 11.8 Å². The molecular weight excluding hydrogens is 229 g/mol. The van der Waals surface area contributed by atoms with E-state index in [1.54, 1.807) is 7.05 Å². The highest BCUT2D eigenvalue weighted by Crippen LogP contribution is 2.33. The third-order valence-electron chi connectivity index (χ3n) is 2.09. The van der Waals surface area contributed by atoms with Crippen molar-refractivity contribution < 1.29 is 13.2 Å². The first kappa shape index (κ1) is 13.4. The molecule has 1 rings (SSSR count). The molecule has 1 aromatic rings. The summed E-state index contributed by atoms with van der Waals surface area (Å²) in [6.45, 7) is 0.739. The van der Waals surface area contributed by atoms with Crippen molar-refractivity contribution in [2.75, 3.05) is 19.3 Å². The quantitative estimate of drug-likeness (QED) is 0.474. The topological polar surface area (TPSA) is 38.0 Å². The molecule has 0 radical (unpaired) electrons. The van der Waals surface area contributed by atoms with Crippen LogP contribution in [0.5, 0.6) is 0 Å². The molecule has 0 heterocycles. The standard InChI is InChI=1S/C12H13F3N2/c1-17-7-3-2-4-9-5-6-10(11(16)8-9)12(13,14)15/h5-6,8,17H,3,7,16H2,1H3. The van der Waals surface area contributed by atoms with Crippen LogP contribution in [0.1, 0.15) is 17.5 Å². The lowest BCUT2D eigenvalue weighted by Crippen LogP contribution is -2.08. The molecule has 0 amide bonds. The summed E-state index contributed by atoms with van der Waals surface area (Å²) in [5.74, 6) is 5.60. The third-order valence-corrected chi connectivity index (χ3v) is 2.09. The Kier molecular flexibility index (Phi) is 4.41. The number of anilines is 1. The molecule has 0 aromatic heterocycles. The molecule has 5 heteroatoms. The Balaban J connectivity index is 2.85. The van der Waals surface area contributed by atoms with Crippen LogP contribution in [0.4, 0.5) is 18.9 Å². The number of nitrogens with one attached hydrogen (secondary N) is 1. The summed E-state index contributed by atoms with van der Waals surface area (Å²) in [6.07, 6.45) is -3.78. The molecule has 17 heavy (non-hydrogen) atoms. The molecule has 0 saturated heterocycles. The SMILES string of the molecule is CNCCC#Cc1ccc(C(F)(F)F)c(N)c1. The summed E-state index contributed by atoms with van der Waals surface area (Å²) in [7, 11) is 1.80. The molecule has 3 N–H and O–H groups in total. The normalized spacial score (nSPS) is 10.8. The molecule has 1 aromatic carbocycles. The minimum Gasteiger partial charge on any atom is -0.398 e. The van der Waals surface area contributed by atoms with Gasteiger partial charge in [-0.2, -0.15) is 13.2 Å². The average Bonchev–Trinajstić information content (AvgIpc) is 2.23. The van der Waals surface area contributed by atoms with E-state index in [-0.39, 0.29) is 5.69 Å². The number of hydrogen-bond acceptors (Lipinski definition) is 2. The van der Waals surface area contributed by atoms with Crippen LogP contribution in [0.15, 0.2) is 18.2 Å². The summed E-state index contributed by atoms with van der Waals surface area (Å²) in [4.78, 5) is 0. The van der Waals surface area contributed by atoms with Gasteiger partial charge in [0, 0.05) is 24.2 Å². The fourth-order valence-corrected chi connectivity index (χ4v) is 1.25. The van der Waals surface area contributed by atoms with Gasteiger partial charge in [-0.25, -0.2) is 0 Å². The lowest BCUT2D eigenvalue weighted by molar-refractivity contribution is -0.136. The van der Waals surface area contributed by atoms with Gasteiger partial charge in [-0.3, -0.25) is 0 Å². The fraction of sp³-hybridized carbons (Fsp3) is 0.333. The number of halogens is 3. The van der Waals surface area contributed by atoms with Crippen molar-refractivity contribution in [3.63, 3.8) is 0 Å². The van der Waals surface area contributed by atoms with Crippen LogP contribution in [0.2, 0.25) is 0 Å². The van der Waals surface area contributed by atoms with Crippen molar-refractivity contribution in [1.82, 2.24) is 5.32 Å². The Morgan fingerprint density at radius 3 is 2.59 bits per heavy atom. The largest absolute Gasteiger partial charge is 0.418 e. The van der Waals surface area contributed by atoms with E-state index in [0.29, 0.717) is 12.0 Å². The van der Waals surface area contributed by atoms with Crippen molar-refractivity contribution in [2.45, 2.75) is 12.6 Å². The Morgan fingerprint density at radius 1 is 1.35 bits per heavy atom. The first-order chi connectivity index (χ1) is 7.95. The molecule has 92 valence electrons. The molecule has 0 atom stereocenters. The van der Waals surface area contributed by atoms with Crippen LogP contribution in [0, 0.1) is 11.8 Å². The predicted octanol–water partition coefficient (Wildman–Crippen LogP) is 2.25. The zero-order valence-electron chi connectivity index (χ0n) is 9.36. The highest BCUT2D eigenvalue weighted by molar-refractivity contribution is 5.54. The Labute approximate surface area is 98.0 Å². The van der Waals surface area contributed by atoms with Crippen molar-refractivity contribution in [3.8, 4) is 11.8 Å². The molecule has 0 aliphatic heterocycles. The van der Waals surface area contributed by atoms with Gasteiger partial charge in [-0.15, -0.1) is 0 Å². The van der Waals surface area contributed by atoms with Gasteiger partial charge in [0.1, 0.15) is 0 Å². The molecule has 0 spiro atoms. The zero-order valence-corrected chi connectivity index (χ0v) is 9.36. The van der Waals surface area contributed by atoms with E-state index in [4.69, 9.17) is 5.73 Å². The first-order valence-corrected chi connectivity index (χ1v) is 5.05. The lowest BCUT2D eigenvalue weighted by atomic mass is 10.1. The highest BCUT2D eigenvalue weighted by Gasteiger charge is 2.32. The molecule has 0 aliphatic carbocycles. The van der Waals surface area contributed by atoms with E-state index in [1.807, 2.05) is 0 Å². The number of benzene rings is 1. The maximum atomic E-state index is 12.4. The van der Waals surface area contributed by atoms with E-state index in [2.05, 4.69) is 17.2 Å². The van der Waals surface area contributed by atoms with Crippen LogP contribution < -0.4 is 11.1 Å². The van der Waals surface area contributed by atoms with Gasteiger partial charge < -0.3 is 11.1 Å². The number of hydrogen-bond donors (Lipinski definition) is 2. The van der Waals surface area contributed by atoms with Crippen molar-refractivity contribution in [1.29, 1.82) is 0 Å². The monoisotopic (exact) mass is 242 g/mol. The van der Waals surface area contributed by atoms with Crippen molar-refractivity contribution in [3.05, 3.63) is 29.3 Å². The smallest absolute Gasteiger partial charge is 0.398 e. The number of alkyl halides is 3. The second-order valence-corrected chi connectivity index (χ2v) is 3.46. The van der Waals surface area contributed by atoms with Gasteiger partial charge in [0.15, 0.2) is 0 Å². The number of nitrogen functional groups attached to an aromatic ring is 1. The average molecular weight is 242 g/mol. The molecule has 0 saturated carbocycles. The summed E-state index contributed by atoms with van der Waals surface area (Å²) in [6, 6.07) is 3.53. The zero-order chi connectivity index (χ0) is 12.9. The van der Waals surface area contributed by atoms with Crippen LogP contribution in [0.3, 0.4) is 0 Å². The molecule has 0 aliphatic rings. The molecule has 0 bridgehead atoms. The maximum absolute atomic E-state index is 12.4. The van der Waals surface area contributed by atoms with Crippen LogP contribution in [-0.2, 0) is 6.18 Å². The number of nitrogens with two attached hydrogens (primary N) is 1. The van der Waals surface area contributed by atoms with Gasteiger partial charge in [0.2, 0.25) is 0 Å². The Bertz CT molecular complexity index is 441. The summed E-state index contributed by atoms with van der Waals surface area (Å²) < 4.78 is 37.2. The van der Waals surface area contributed by atoms with E-state index in [0.717, 1.165) is 12.6 Å². The molecule has 2 nitrogen and oxygen atoms in total. The highest BCUT2D eigenvalue weighted by atomic mass is 19.4. The van der Waals surface area contributed by atoms with E-state index >= 15 is 0 Å². The van der Waals surface area contributed by atoms with Crippen molar-refractivity contribution in [2.24, 2.45) is 0 Å². The van der Waals surface area contributed by atoms with E-state index < -0.39 is 11.7 Å². The Morgan fingerprint density at radius 2 is 2.06 bits per heavy atom. The summed E-state index contributed by atoms with van der Waals surface area (Å²) in [5, 5.41) is 2.92. The minimum absolute atomic E-state index is 0.294. The second kappa shape index (κ2) is 5.60. The van der Waals surface area contributed by atoms with Crippen molar-refractivity contribution >= 4 is 5.69 Å². The van der Waals surface area contributed by atoms with Crippen LogP contribution in [-0.4, -0.2) is 13.6 Å². The first-order valence-electron chi connectivity index (χ1n) is 5.05. The third kappa shape index (κ3) is 4.00. The van der Waals surface area contributed by atoms with Gasteiger partial charge in [0.25, 0.3) is 0 Å². The molecular formula is C12H13F3N2. The predicted molar refractivity (Wildman–Crippen MR) is 61.3 cm³/mol. The maximum Gasteiger partial charge on any atom is 0.418 e. The molecule has 0 fully saturated rings. The van der Waals surface area contributed by atoms with Gasteiger partial charge >= 0.3 is 6.18 Å². The lowest BCUT2D eigenvalue weighted by Gasteiger charge is -2.09. The Hall–Kier alpha value is -1.67. The van der Waals surface area contributed by atoms with Crippen LogP contribution >= 0.6 is 0 Å². The second-order valence-electron chi connectivity index (χ2n) is 3.46. The molecule has 0 unspecified atom stereocenters. The summed E-state index contributed by atoms with van der Waals surface area (Å²) >= 11 is 0. The minimum atomic E-state index is -4.41. The van der Waals surface area contributed by atoms with Gasteiger partial charge in [0.05, 0.1) is 5.56 Å².